The molecule has 2 aliphatic rings. The van der Waals surface area contributed by atoms with Gasteiger partial charge in [-0.3, -0.25) is 0 Å². The molecule has 0 saturated heterocycles. The van der Waals surface area contributed by atoms with Crippen molar-refractivity contribution in [2.24, 2.45) is 0 Å². The Morgan fingerprint density at radius 3 is 2.00 bits per heavy atom. The summed E-state index contributed by atoms with van der Waals surface area (Å²) in [5.74, 6) is 0. The summed E-state index contributed by atoms with van der Waals surface area (Å²) >= 11 is 0. The van der Waals surface area contributed by atoms with E-state index in [1.807, 2.05) is 0 Å². The van der Waals surface area contributed by atoms with Crippen molar-refractivity contribution in [2.75, 3.05) is 5.32 Å². The molecule has 0 bridgehead atoms. The van der Waals surface area contributed by atoms with Crippen LogP contribution in [0.5, 0.6) is 0 Å². The monoisotopic (exact) mass is 827 g/mol. The first-order valence-corrected chi connectivity index (χ1v) is 22.7. The van der Waals surface area contributed by atoms with E-state index in [-0.39, 0.29) is 16.2 Å². The predicted octanol–water partition coefficient (Wildman–Crippen LogP) is 14.9. The smallest absolute Gasteiger partial charge is 0.198 e. The lowest BCUT2D eigenvalue weighted by molar-refractivity contribution is 0.590. The number of aromatic nitrogens is 1. The second kappa shape index (κ2) is 12.6. The number of fused-ring (bicyclic) bond motifs is 15. The molecule has 0 saturated carbocycles. The van der Waals surface area contributed by atoms with Gasteiger partial charge in [-0.2, -0.15) is 0 Å². The third kappa shape index (κ3) is 5.12. The molecule has 0 fully saturated rings. The zero-order chi connectivity index (χ0) is 43.6. The molecule has 0 atom stereocenters. The fraction of sp³-hybridized carbons (Fsp3) is 0.186. The molecule has 8 aromatic carbocycles. The van der Waals surface area contributed by atoms with E-state index in [9.17, 15) is 0 Å². The molecule has 1 aliphatic carbocycles. The fourth-order valence-corrected chi connectivity index (χ4v) is 11.1. The topological polar surface area (TPSA) is 43.2 Å². The van der Waals surface area contributed by atoms with Crippen molar-refractivity contribution in [3.63, 3.8) is 0 Å². The van der Waals surface area contributed by atoms with Gasteiger partial charge in [-0.25, -0.2) is 0 Å². The molecule has 309 valence electrons. The van der Waals surface area contributed by atoms with Crippen LogP contribution in [0, 0.1) is 0 Å². The molecule has 1 N–H and O–H groups in total. The van der Waals surface area contributed by atoms with Gasteiger partial charge in [0.2, 0.25) is 0 Å². The minimum Gasteiger partial charge on any atom is -0.456 e. The number of nitrogens with one attached hydrogen (secondary N) is 1. The van der Waals surface area contributed by atoms with Gasteiger partial charge >= 0.3 is 0 Å². The summed E-state index contributed by atoms with van der Waals surface area (Å²) in [5, 5.41) is 10.9. The zero-order valence-electron chi connectivity index (χ0n) is 37.6. The lowest BCUT2D eigenvalue weighted by Crippen LogP contribution is -2.37. The van der Waals surface area contributed by atoms with Crippen molar-refractivity contribution < 1.29 is 8.83 Å². The van der Waals surface area contributed by atoms with Crippen LogP contribution in [0.2, 0.25) is 0 Å². The first-order valence-electron chi connectivity index (χ1n) is 22.7. The maximum atomic E-state index is 7.29. The average molecular weight is 828 g/mol. The Morgan fingerprint density at radius 2 is 1.23 bits per heavy atom. The maximum absolute atomic E-state index is 7.29. The number of benzene rings is 8. The highest BCUT2D eigenvalue weighted by atomic mass is 16.3. The van der Waals surface area contributed by atoms with E-state index in [1.54, 1.807) is 0 Å². The van der Waals surface area contributed by atoms with E-state index in [1.165, 1.54) is 55.2 Å². The lowest BCUT2D eigenvalue weighted by atomic mass is 9.58. The molecule has 4 nitrogen and oxygen atoms in total. The van der Waals surface area contributed by atoms with Gasteiger partial charge in [0.05, 0.1) is 5.52 Å². The van der Waals surface area contributed by atoms with Crippen LogP contribution in [0.1, 0.15) is 77.6 Å². The Hall–Kier alpha value is -6.98. The van der Waals surface area contributed by atoms with Crippen molar-refractivity contribution in [2.45, 2.75) is 71.6 Å². The van der Waals surface area contributed by atoms with Gasteiger partial charge in [0.15, 0.2) is 7.28 Å². The molecule has 0 spiro atoms. The van der Waals surface area contributed by atoms with Crippen LogP contribution in [0.25, 0.3) is 93.6 Å². The molecule has 1 aliphatic heterocycles. The number of rotatable bonds is 3. The van der Waals surface area contributed by atoms with E-state index in [4.69, 9.17) is 8.83 Å². The molecule has 1 radical (unpaired) electrons. The number of nitrogens with zero attached hydrogens (tertiary/aromatic N) is 1. The van der Waals surface area contributed by atoms with Gasteiger partial charge < -0.3 is 18.7 Å². The second-order valence-electron chi connectivity index (χ2n) is 20.8. The van der Waals surface area contributed by atoms with Crippen molar-refractivity contribution >= 4 is 95.3 Å². The minimum atomic E-state index is -0.190. The summed E-state index contributed by atoms with van der Waals surface area (Å²) in [4.78, 5) is 0. The van der Waals surface area contributed by atoms with E-state index in [2.05, 4.69) is 212 Å². The van der Waals surface area contributed by atoms with Crippen LogP contribution >= 0.6 is 0 Å². The van der Waals surface area contributed by atoms with Gasteiger partial charge in [0.25, 0.3) is 0 Å². The highest BCUT2D eigenvalue weighted by molar-refractivity contribution is 6.74. The first-order chi connectivity index (χ1) is 30.7. The number of hydrogen-bond acceptors (Lipinski definition) is 3. The summed E-state index contributed by atoms with van der Waals surface area (Å²) in [7, 11) is 2.43. The van der Waals surface area contributed by atoms with E-state index >= 15 is 0 Å². The van der Waals surface area contributed by atoms with Crippen molar-refractivity contribution in [1.82, 2.24) is 4.57 Å². The molecular weight excluding hydrogens is 779 g/mol. The highest BCUT2D eigenvalue weighted by Gasteiger charge is 2.38. The number of para-hydroxylation sites is 2. The Morgan fingerprint density at radius 1 is 0.547 bits per heavy atom. The standard InChI is InChI=1S/C59H48BN2O2/c1-57(2,3)32-21-24-34(25-22-32)61-45-30-43-38(35-15-9-12-18-42(35)59(43,7)8)28-40(45)53-54-55-51(52-37-17-11-14-20-49(37)64-56(52)53)41-27-33(58(4,5)6)23-26-46(41)62(55)47-31-50-39(29-44(47)60-54)36-16-10-13-19-48(36)63-50/h9-31,61H,1-8H3. The summed E-state index contributed by atoms with van der Waals surface area (Å²) in [6, 6.07) is 51.5. The fourth-order valence-electron chi connectivity index (χ4n) is 11.1. The van der Waals surface area contributed by atoms with Crippen molar-refractivity contribution in [1.29, 1.82) is 0 Å². The Labute approximate surface area is 373 Å². The molecule has 3 aromatic heterocycles. The number of hydrogen-bond donors (Lipinski definition) is 1. The molecule has 0 unspecified atom stereocenters. The van der Waals surface area contributed by atoms with Crippen LogP contribution in [0.4, 0.5) is 11.4 Å². The normalized spacial score (nSPS) is 14.2. The van der Waals surface area contributed by atoms with E-state index in [0.717, 1.165) is 83.0 Å². The molecule has 11 aromatic rings. The van der Waals surface area contributed by atoms with E-state index in [0.29, 0.717) is 0 Å². The maximum Gasteiger partial charge on any atom is 0.198 e. The van der Waals surface area contributed by atoms with Crippen molar-refractivity contribution in [3.8, 4) is 27.9 Å². The van der Waals surface area contributed by atoms with Crippen LogP contribution in [-0.4, -0.2) is 11.8 Å². The van der Waals surface area contributed by atoms with Gasteiger partial charge in [-0.1, -0.05) is 146 Å². The van der Waals surface area contributed by atoms with Crippen LogP contribution in [0.3, 0.4) is 0 Å². The number of furan rings is 2. The third-order valence-electron chi connectivity index (χ3n) is 14.5. The lowest BCUT2D eigenvalue weighted by Gasteiger charge is -2.26. The average Bonchev–Trinajstić information content (AvgIpc) is 4.00. The Kier molecular flexibility index (Phi) is 7.40. The Bertz CT molecular complexity index is 3820. The summed E-state index contributed by atoms with van der Waals surface area (Å²) in [6.45, 7) is 18.4. The summed E-state index contributed by atoms with van der Waals surface area (Å²) < 4.78 is 16.4. The van der Waals surface area contributed by atoms with Crippen LogP contribution in [-0.2, 0) is 16.2 Å². The van der Waals surface area contributed by atoms with E-state index < -0.39 is 0 Å². The summed E-state index contributed by atoms with van der Waals surface area (Å²) in [5.41, 5.74) is 21.2. The van der Waals surface area contributed by atoms with Gasteiger partial charge in [-0.15, -0.1) is 0 Å². The van der Waals surface area contributed by atoms with Crippen molar-refractivity contribution in [3.05, 3.63) is 162 Å². The minimum absolute atomic E-state index is 0.0462. The molecule has 13 rings (SSSR count). The zero-order valence-corrected chi connectivity index (χ0v) is 37.6. The van der Waals surface area contributed by atoms with Gasteiger partial charge in [0.1, 0.15) is 22.3 Å². The first kappa shape index (κ1) is 37.6. The molecule has 0 amide bonds. The molecule has 64 heavy (non-hydrogen) atoms. The van der Waals surface area contributed by atoms with Gasteiger partial charge in [0, 0.05) is 77.5 Å². The molecular formula is C59H48BN2O2. The largest absolute Gasteiger partial charge is 0.456 e. The van der Waals surface area contributed by atoms with Crippen LogP contribution < -0.4 is 16.2 Å². The number of anilines is 2. The second-order valence-corrected chi connectivity index (χ2v) is 20.8. The Balaban J connectivity index is 1.20. The summed E-state index contributed by atoms with van der Waals surface area (Å²) in [6.07, 6.45) is 0. The highest BCUT2D eigenvalue weighted by Crippen LogP contribution is 2.54. The molecule has 4 heterocycles. The molecule has 5 heteroatoms. The SMILES string of the molecule is CC(C)(C)c1ccc(Nc2cc3c(cc2-c2c4c5c(c6cc(C(C)(C)C)ccc6n5-c5cc6oc7ccccc7c6cc5[B]4)c4c2oc2ccccc24)-c2ccccc2C3(C)C)cc1. The van der Waals surface area contributed by atoms with Gasteiger partial charge in [-0.05, 0) is 98.2 Å². The van der Waals surface area contributed by atoms with Crippen LogP contribution in [0.15, 0.2) is 148 Å². The predicted molar refractivity (Wildman–Crippen MR) is 270 cm³/mol. The third-order valence-corrected chi connectivity index (χ3v) is 14.5. The quantitative estimate of drug-likeness (QED) is 0.180.